The Balaban J connectivity index is 2.22. The molecule has 0 amide bonds. The summed E-state index contributed by atoms with van der Waals surface area (Å²) in [6.07, 6.45) is 0.457. The summed E-state index contributed by atoms with van der Waals surface area (Å²) in [5.41, 5.74) is 1.63. The zero-order chi connectivity index (χ0) is 13.8. The molecule has 0 unspecified atom stereocenters. The Morgan fingerprint density at radius 2 is 1.95 bits per heavy atom. The zero-order valence-electron chi connectivity index (χ0n) is 10.1. The first-order valence-electron chi connectivity index (χ1n) is 5.85. The Morgan fingerprint density at radius 1 is 1.21 bits per heavy atom. The lowest BCUT2D eigenvalue weighted by Crippen LogP contribution is -2.24. The molecule has 1 aromatic heterocycles. The van der Waals surface area contributed by atoms with E-state index in [1.807, 2.05) is 24.3 Å². The van der Waals surface area contributed by atoms with Crippen LogP contribution in [0.5, 0.6) is 0 Å². The predicted molar refractivity (Wildman–Crippen MR) is 69.5 cm³/mol. The molecule has 1 heterocycles. The van der Waals surface area contributed by atoms with Gasteiger partial charge in [0.1, 0.15) is 5.69 Å². The van der Waals surface area contributed by atoms with Crippen LogP contribution < -0.4 is 5.32 Å². The second-order valence-electron chi connectivity index (χ2n) is 4.15. The molecule has 4 N–H and O–H groups in total. The molecule has 0 aliphatic rings. The van der Waals surface area contributed by atoms with Crippen LogP contribution in [-0.2, 0) is 11.2 Å². The van der Waals surface area contributed by atoms with Crippen molar-refractivity contribution in [1.29, 1.82) is 0 Å². The number of nitrogens with one attached hydrogen (secondary N) is 2. The molecule has 6 heteroatoms. The van der Waals surface area contributed by atoms with Gasteiger partial charge in [0.25, 0.3) is 0 Å². The molecule has 0 spiro atoms. The number of rotatable bonds is 6. The maximum absolute atomic E-state index is 11.2. The van der Waals surface area contributed by atoms with Crippen molar-refractivity contribution in [2.24, 2.45) is 0 Å². The fourth-order valence-electron chi connectivity index (χ4n) is 2.05. The van der Waals surface area contributed by atoms with Crippen LogP contribution in [0.2, 0.25) is 0 Å². The maximum atomic E-state index is 11.2. The molecule has 0 saturated carbocycles. The summed E-state index contributed by atoms with van der Waals surface area (Å²) in [6.45, 7) is 0.277. The molecule has 0 fully saturated rings. The van der Waals surface area contributed by atoms with Crippen LogP contribution in [0.1, 0.15) is 16.1 Å². The topological polar surface area (TPSA) is 102 Å². The van der Waals surface area contributed by atoms with Crippen molar-refractivity contribution in [3.63, 3.8) is 0 Å². The highest BCUT2D eigenvalue weighted by Gasteiger charge is 2.16. The second kappa shape index (κ2) is 5.53. The first kappa shape index (κ1) is 13.1. The minimum Gasteiger partial charge on any atom is -0.480 e. The number of carboxylic acids is 2. The maximum Gasteiger partial charge on any atom is 0.352 e. The molecule has 19 heavy (non-hydrogen) atoms. The van der Waals surface area contributed by atoms with Gasteiger partial charge in [-0.2, -0.15) is 0 Å². The van der Waals surface area contributed by atoms with Crippen molar-refractivity contribution in [2.45, 2.75) is 6.42 Å². The van der Waals surface area contributed by atoms with Gasteiger partial charge in [0.15, 0.2) is 0 Å². The third kappa shape index (κ3) is 2.92. The monoisotopic (exact) mass is 262 g/mol. The van der Waals surface area contributed by atoms with E-state index < -0.39 is 11.9 Å². The van der Waals surface area contributed by atoms with Crippen LogP contribution in [0, 0.1) is 0 Å². The number of para-hydroxylation sites is 1. The Bertz CT molecular complexity index is 618. The second-order valence-corrected chi connectivity index (χ2v) is 4.15. The van der Waals surface area contributed by atoms with Crippen molar-refractivity contribution >= 4 is 22.8 Å². The summed E-state index contributed by atoms with van der Waals surface area (Å²) >= 11 is 0. The summed E-state index contributed by atoms with van der Waals surface area (Å²) in [6, 6.07) is 7.34. The van der Waals surface area contributed by atoms with E-state index in [0.717, 1.165) is 10.9 Å². The molecular weight excluding hydrogens is 248 g/mol. The molecule has 2 aromatic rings. The third-order valence-corrected chi connectivity index (χ3v) is 2.86. The predicted octanol–water partition coefficient (Wildman–Crippen LogP) is 1.08. The standard InChI is InChI=1S/C13H14N2O4/c16-11(17)7-14-6-5-9-8-3-1-2-4-10(8)15-12(9)13(18)19/h1-4,14-15H,5-7H2,(H,16,17)(H,18,19). The van der Waals surface area contributed by atoms with Gasteiger partial charge in [0.05, 0.1) is 6.54 Å². The largest absolute Gasteiger partial charge is 0.480 e. The Labute approximate surface area is 109 Å². The smallest absolute Gasteiger partial charge is 0.352 e. The number of aromatic nitrogens is 1. The van der Waals surface area contributed by atoms with Gasteiger partial charge >= 0.3 is 11.9 Å². The fourth-order valence-corrected chi connectivity index (χ4v) is 2.05. The van der Waals surface area contributed by atoms with Crippen LogP contribution in [0.25, 0.3) is 10.9 Å². The number of carbonyl (C=O) groups is 2. The first-order chi connectivity index (χ1) is 9.09. The third-order valence-electron chi connectivity index (χ3n) is 2.86. The molecule has 2 rings (SSSR count). The summed E-state index contributed by atoms with van der Waals surface area (Å²) in [4.78, 5) is 24.4. The number of fused-ring (bicyclic) bond motifs is 1. The number of hydrogen-bond acceptors (Lipinski definition) is 3. The highest BCUT2D eigenvalue weighted by atomic mass is 16.4. The van der Waals surface area contributed by atoms with Gasteiger partial charge in [-0.1, -0.05) is 18.2 Å². The molecule has 0 aliphatic heterocycles. The fraction of sp³-hybridized carbons (Fsp3) is 0.231. The van der Waals surface area contributed by atoms with Crippen LogP contribution >= 0.6 is 0 Å². The highest BCUT2D eigenvalue weighted by Crippen LogP contribution is 2.22. The number of carboxylic acid groups (broad SMARTS) is 2. The molecule has 1 aromatic carbocycles. The molecular formula is C13H14N2O4. The number of aliphatic carboxylic acids is 1. The van der Waals surface area contributed by atoms with Gasteiger partial charge in [0.2, 0.25) is 0 Å². The lowest BCUT2D eigenvalue weighted by atomic mass is 10.1. The lowest BCUT2D eigenvalue weighted by molar-refractivity contribution is -0.135. The van der Waals surface area contributed by atoms with E-state index in [1.54, 1.807) is 0 Å². The minimum absolute atomic E-state index is 0.134. The lowest BCUT2D eigenvalue weighted by Gasteiger charge is -2.03. The summed E-state index contributed by atoms with van der Waals surface area (Å²) < 4.78 is 0. The van der Waals surface area contributed by atoms with E-state index in [-0.39, 0.29) is 12.2 Å². The molecule has 6 nitrogen and oxygen atoms in total. The number of aromatic carboxylic acids is 1. The number of H-pyrrole nitrogens is 1. The van der Waals surface area contributed by atoms with Crippen molar-refractivity contribution in [3.05, 3.63) is 35.5 Å². The van der Waals surface area contributed by atoms with E-state index in [4.69, 9.17) is 10.2 Å². The molecule has 0 atom stereocenters. The van der Waals surface area contributed by atoms with Gasteiger partial charge in [-0.25, -0.2) is 4.79 Å². The van der Waals surface area contributed by atoms with E-state index in [2.05, 4.69) is 10.3 Å². The van der Waals surface area contributed by atoms with Crippen LogP contribution in [0.3, 0.4) is 0 Å². The first-order valence-corrected chi connectivity index (χ1v) is 5.85. The summed E-state index contributed by atoms with van der Waals surface area (Å²) in [5.74, 6) is -1.94. The van der Waals surface area contributed by atoms with Crippen LogP contribution in [0.15, 0.2) is 24.3 Å². The average Bonchev–Trinajstić information content (AvgIpc) is 2.73. The molecule has 0 saturated heterocycles. The summed E-state index contributed by atoms with van der Waals surface area (Å²) in [7, 11) is 0. The zero-order valence-corrected chi connectivity index (χ0v) is 10.1. The molecule has 100 valence electrons. The highest BCUT2D eigenvalue weighted by molar-refractivity contribution is 5.97. The SMILES string of the molecule is O=C(O)CNCCc1c(C(=O)O)[nH]c2ccccc12. The molecule has 0 radical (unpaired) electrons. The van der Waals surface area contributed by atoms with Crippen molar-refractivity contribution in [1.82, 2.24) is 10.3 Å². The van der Waals surface area contributed by atoms with E-state index in [9.17, 15) is 9.59 Å². The van der Waals surface area contributed by atoms with E-state index in [1.165, 1.54) is 0 Å². The van der Waals surface area contributed by atoms with Gasteiger partial charge in [-0.3, -0.25) is 4.79 Å². The number of benzene rings is 1. The van der Waals surface area contributed by atoms with Gasteiger partial charge < -0.3 is 20.5 Å². The Hall–Kier alpha value is -2.34. The minimum atomic E-state index is -1.01. The van der Waals surface area contributed by atoms with Gasteiger partial charge in [0, 0.05) is 10.9 Å². The molecule has 0 bridgehead atoms. The molecule has 0 aliphatic carbocycles. The van der Waals surface area contributed by atoms with Crippen molar-refractivity contribution in [3.8, 4) is 0 Å². The normalized spacial score (nSPS) is 10.7. The van der Waals surface area contributed by atoms with Crippen LogP contribution in [0.4, 0.5) is 0 Å². The van der Waals surface area contributed by atoms with Crippen molar-refractivity contribution in [2.75, 3.05) is 13.1 Å². The van der Waals surface area contributed by atoms with Crippen LogP contribution in [-0.4, -0.2) is 40.2 Å². The Kier molecular flexibility index (Phi) is 3.82. The Morgan fingerprint density at radius 3 is 2.63 bits per heavy atom. The quantitative estimate of drug-likeness (QED) is 0.583. The number of aromatic amines is 1. The average molecular weight is 262 g/mol. The van der Waals surface area contributed by atoms with Gasteiger partial charge in [-0.15, -0.1) is 0 Å². The van der Waals surface area contributed by atoms with E-state index in [0.29, 0.717) is 18.5 Å². The number of hydrogen-bond donors (Lipinski definition) is 4. The summed E-state index contributed by atoms with van der Waals surface area (Å²) in [5, 5.41) is 21.3. The van der Waals surface area contributed by atoms with Crippen molar-refractivity contribution < 1.29 is 19.8 Å². The van der Waals surface area contributed by atoms with E-state index >= 15 is 0 Å². The van der Waals surface area contributed by atoms with Gasteiger partial charge in [-0.05, 0) is 24.6 Å².